The quantitative estimate of drug-likeness (QED) is 0.208. The van der Waals surface area contributed by atoms with E-state index in [1.807, 2.05) is 0 Å². The first-order valence-corrected chi connectivity index (χ1v) is 9.18. The zero-order chi connectivity index (χ0) is 16.6. The van der Waals surface area contributed by atoms with Gasteiger partial charge in [-0.3, -0.25) is 0 Å². The van der Waals surface area contributed by atoms with Crippen LogP contribution in [0.3, 0.4) is 0 Å². The maximum absolute atomic E-state index is 3.46. The van der Waals surface area contributed by atoms with Gasteiger partial charge in [0.1, 0.15) is 0 Å². The van der Waals surface area contributed by atoms with Crippen molar-refractivity contribution in [3.63, 3.8) is 0 Å². The molecule has 22 heavy (non-hydrogen) atoms. The summed E-state index contributed by atoms with van der Waals surface area (Å²) in [6, 6.07) is 0. The van der Waals surface area contributed by atoms with Gasteiger partial charge in [-0.1, -0.05) is 77.7 Å². The minimum absolute atomic E-state index is 1.10. The highest BCUT2D eigenvalue weighted by Crippen LogP contribution is 2.19. The van der Waals surface area contributed by atoms with Crippen molar-refractivity contribution < 1.29 is 0 Å². The zero-order valence-corrected chi connectivity index (χ0v) is 15.5. The summed E-state index contributed by atoms with van der Waals surface area (Å²) in [5, 5.41) is 0. The topological polar surface area (TPSA) is 0 Å². The van der Waals surface area contributed by atoms with Crippen LogP contribution in [0.1, 0.15) is 86.0 Å². The maximum atomic E-state index is 3.46. The van der Waals surface area contributed by atoms with Gasteiger partial charge in [-0.25, -0.2) is 0 Å². The average molecular weight is 301 g/mol. The summed E-state index contributed by atoms with van der Waals surface area (Å²) < 4.78 is 0. The van der Waals surface area contributed by atoms with Gasteiger partial charge in [-0.15, -0.1) is 5.73 Å². The summed E-state index contributed by atoms with van der Waals surface area (Å²) >= 11 is 0. The molecule has 0 spiro atoms. The molecule has 0 N–H and O–H groups in total. The smallest absolute Gasteiger partial charge is 0.00943 e. The Bertz CT molecular complexity index is 423. The molecule has 0 fully saturated rings. The van der Waals surface area contributed by atoms with Crippen molar-refractivity contribution in [3.8, 4) is 0 Å². The van der Waals surface area contributed by atoms with E-state index in [0.717, 1.165) is 19.3 Å². The maximum Gasteiger partial charge on any atom is -0.00943 e. The van der Waals surface area contributed by atoms with Gasteiger partial charge < -0.3 is 0 Å². The van der Waals surface area contributed by atoms with Crippen LogP contribution in [0.2, 0.25) is 0 Å². The standard InChI is InChI=1S/C22H36/c1-6-10-12-13-16-20(5)18-19-22(17-11-7-2)21(14-8-3)15-9-4/h13-14,16-17,19H,6-12,15H2,1-5H3. The Morgan fingerprint density at radius 3 is 2.27 bits per heavy atom. The Balaban J connectivity index is 5.15. The van der Waals surface area contributed by atoms with E-state index in [1.54, 1.807) is 0 Å². The first-order chi connectivity index (χ1) is 10.7. The second-order valence-electron chi connectivity index (χ2n) is 5.85. The van der Waals surface area contributed by atoms with Gasteiger partial charge in [0.25, 0.3) is 0 Å². The van der Waals surface area contributed by atoms with Crippen molar-refractivity contribution in [2.45, 2.75) is 86.0 Å². The van der Waals surface area contributed by atoms with Gasteiger partial charge in [-0.05, 0) is 55.4 Å². The van der Waals surface area contributed by atoms with Crippen LogP contribution >= 0.6 is 0 Å². The largest absolute Gasteiger partial charge is 0.117 e. The fourth-order valence-corrected chi connectivity index (χ4v) is 2.28. The Labute approximate surface area is 139 Å². The summed E-state index contributed by atoms with van der Waals surface area (Å²) in [7, 11) is 0. The lowest BCUT2D eigenvalue weighted by atomic mass is 9.98. The number of hydrogen-bond acceptors (Lipinski definition) is 0. The number of allylic oxidation sites excluding steroid dienone is 7. The Hall–Kier alpha value is -1.26. The monoisotopic (exact) mass is 300 g/mol. The molecule has 0 radical (unpaired) electrons. The van der Waals surface area contributed by atoms with Crippen molar-refractivity contribution in [1.29, 1.82) is 0 Å². The van der Waals surface area contributed by atoms with Crippen LogP contribution in [0.15, 0.2) is 52.8 Å². The molecule has 0 atom stereocenters. The van der Waals surface area contributed by atoms with E-state index in [1.165, 1.54) is 48.8 Å². The molecule has 0 aromatic carbocycles. The highest BCUT2D eigenvalue weighted by Gasteiger charge is 2.00. The van der Waals surface area contributed by atoms with Crippen LogP contribution in [0.4, 0.5) is 0 Å². The molecule has 0 bridgehead atoms. The second kappa shape index (κ2) is 14.7. The number of rotatable bonds is 11. The molecule has 0 heteroatoms. The fraction of sp³-hybridized carbons (Fsp3) is 0.591. The van der Waals surface area contributed by atoms with Crippen LogP contribution in [-0.2, 0) is 0 Å². The second-order valence-corrected chi connectivity index (χ2v) is 5.85. The number of unbranched alkanes of at least 4 members (excludes halogenated alkanes) is 3. The summed E-state index contributed by atoms with van der Waals surface area (Å²) in [5.41, 5.74) is 7.52. The minimum atomic E-state index is 1.10. The van der Waals surface area contributed by atoms with Crippen LogP contribution in [0, 0.1) is 0 Å². The van der Waals surface area contributed by atoms with E-state index < -0.39 is 0 Å². The molecule has 0 nitrogen and oxygen atoms in total. The minimum Gasteiger partial charge on any atom is -0.117 e. The van der Waals surface area contributed by atoms with Gasteiger partial charge in [0.05, 0.1) is 0 Å². The first-order valence-electron chi connectivity index (χ1n) is 9.18. The van der Waals surface area contributed by atoms with Gasteiger partial charge in [-0.2, -0.15) is 0 Å². The molecule has 0 aliphatic heterocycles. The molecule has 0 rings (SSSR count). The molecule has 0 aliphatic rings. The normalized spacial score (nSPS) is 12.6. The zero-order valence-electron chi connectivity index (χ0n) is 15.5. The fourth-order valence-electron chi connectivity index (χ4n) is 2.28. The van der Waals surface area contributed by atoms with Gasteiger partial charge in [0.2, 0.25) is 0 Å². The van der Waals surface area contributed by atoms with Crippen molar-refractivity contribution in [2.24, 2.45) is 0 Å². The lowest BCUT2D eigenvalue weighted by Crippen LogP contribution is -1.88. The third kappa shape index (κ3) is 10.5. The van der Waals surface area contributed by atoms with E-state index in [9.17, 15) is 0 Å². The van der Waals surface area contributed by atoms with Crippen LogP contribution < -0.4 is 0 Å². The van der Waals surface area contributed by atoms with Crippen molar-refractivity contribution in [3.05, 3.63) is 52.8 Å². The van der Waals surface area contributed by atoms with Gasteiger partial charge in [0, 0.05) is 0 Å². The summed E-state index contributed by atoms with van der Waals surface area (Å²) in [6.45, 7) is 11.1. The molecule has 0 unspecified atom stereocenters. The molecular formula is C22H36. The van der Waals surface area contributed by atoms with E-state index in [-0.39, 0.29) is 0 Å². The molecule has 0 saturated carbocycles. The molecule has 0 saturated heterocycles. The lowest BCUT2D eigenvalue weighted by molar-refractivity contribution is 0.814. The molecule has 0 amide bonds. The number of hydrogen-bond donors (Lipinski definition) is 0. The van der Waals surface area contributed by atoms with E-state index in [4.69, 9.17) is 0 Å². The first kappa shape index (κ1) is 20.7. The van der Waals surface area contributed by atoms with Crippen molar-refractivity contribution in [1.82, 2.24) is 0 Å². The Morgan fingerprint density at radius 2 is 1.68 bits per heavy atom. The average Bonchev–Trinajstić information content (AvgIpc) is 2.51. The van der Waals surface area contributed by atoms with Gasteiger partial charge in [0.15, 0.2) is 0 Å². The van der Waals surface area contributed by atoms with Crippen LogP contribution in [0.25, 0.3) is 0 Å². The predicted octanol–water partition coefficient (Wildman–Crippen LogP) is 7.70. The van der Waals surface area contributed by atoms with Gasteiger partial charge >= 0.3 is 0 Å². The summed E-state index contributed by atoms with van der Waals surface area (Å²) in [4.78, 5) is 0. The Kier molecular flexibility index (Phi) is 13.8. The van der Waals surface area contributed by atoms with E-state index in [2.05, 4.69) is 70.7 Å². The van der Waals surface area contributed by atoms with E-state index >= 15 is 0 Å². The third-order valence-corrected chi connectivity index (χ3v) is 3.54. The van der Waals surface area contributed by atoms with Crippen molar-refractivity contribution >= 4 is 0 Å². The van der Waals surface area contributed by atoms with Crippen molar-refractivity contribution in [2.75, 3.05) is 0 Å². The SMILES string of the molecule is CCC=C(CCC)C(C=C=C(C)C=CCCCC)=CCCC. The van der Waals surface area contributed by atoms with Crippen LogP contribution in [-0.4, -0.2) is 0 Å². The molecule has 0 aliphatic carbocycles. The molecule has 0 aromatic rings. The molecular weight excluding hydrogens is 264 g/mol. The molecule has 0 heterocycles. The Morgan fingerprint density at radius 1 is 0.909 bits per heavy atom. The highest BCUT2D eigenvalue weighted by atomic mass is 14.1. The summed E-state index contributed by atoms with van der Waals surface area (Å²) in [6.07, 6.45) is 20.9. The molecule has 0 aromatic heterocycles. The molecule has 124 valence electrons. The third-order valence-electron chi connectivity index (χ3n) is 3.54. The van der Waals surface area contributed by atoms with Crippen LogP contribution in [0.5, 0.6) is 0 Å². The lowest BCUT2D eigenvalue weighted by Gasteiger charge is -2.07. The highest BCUT2D eigenvalue weighted by molar-refractivity contribution is 5.40. The predicted molar refractivity (Wildman–Crippen MR) is 102 cm³/mol. The summed E-state index contributed by atoms with van der Waals surface area (Å²) in [5.74, 6) is 0. The van der Waals surface area contributed by atoms with E-state index in [0.29, 0.717) is 0 Å².